The van der Waals surface area contributed by atoms with Crippen molar-refractivity contribution in [3.63, 3.8) is 0 Å². The summed E-state index contributed by atoms with van der Waals surface area (Å²) in [6.45, 7) is 4.18. The van der Waals surface area contributed by atoms with E-state index in [0.717, 1.165) is 19.5 Å². The van der Waals surface area contributed by atoms with E-state index >= 15 is 0 Å². The van der Waals surface area contributed by atoms with Gasteiger partial charge in [-0.3, -0.25) is 0 Å². The third-order valence-electron chi connectivity index (χ3n) is 4.03. The summed E-state index contributed by atoms with van der Waals surface area (Å²) in [7, 11) is 0. The van der Waals surface area contributed by atoms with Gasteiger partial charge in [0.15, 0.2) is 0 Å². The number of benzene rings is 2. The van der Waals surface area contributed by atoms with Crippen LogP contribution in [0.1, 0.15) is 30.0 Å². The van der Waals surface area contributed by atoms with Crippen molar-refractivity contribution >= 4 is 11.4 Å². The third-order valence-corrected chi connectivity index (χ3v) is 4.03. The maximum atomic E-state index is 3.59. The number of hydrogen-bond donors (Lipinski definition) is 2. The fraction of sp³-hybridized carbons (Fsp3) is 0.333. The Bertz CT molecular complexity index is 590. The van der Waals surface area contributed by atoms with Crippen LogP contribution in [0.4, 0.5) is 11.4 Å². The van der Waals surface area contributed by atoms with E-state index in [4.69, 9.17) is 0 Å². The molecule has 1 heterocycles. The fourth-order valence-corrected chi connectivity index (χ4v) is 2.92. The molecule has 104 valence electrons. The van der Waals surface area contributed by atoms with Crippen molar-refractivity contribution in [3.8, 4) is 0 Å². The highest BCUT2D eigenvalue weighted by Gasteiger charge is 2.12. The molecule has 0 radical (unpaired) electrons. The van der Waals surface area contributed by atoms with Gasteiger partial charge in [-0.1, -0.05) is 43.3 Å². The van der Waals surface area contributed by atoms with Crippen LogP contribution in [0.15, 0.2) is 42.5 Å². The molecular formula is C18H22N2. The van der Waals surface area contributed by atoms with Crippen molar-refractivity contribution in [2.24, 2.45) is 0 Å². The molecule has 2 nitrogen and oxygen atoms in total. The van der Waals surface area contributed by atoms with Gasteiger partial charge in [-0.2, -0.15) is 0 Å². The number of anilines is 2. The lowest BCUT2D eigenvalue weighted by atomic mass is 9.99. The lowest BCUT2D eigenvalue weighted by Gasteiger charge is -2.22. The van der Waals surface area contributed by atoms with Crippen molar-refractivity contribution in [2.45, 2.75) is 32.7 Å². The van der Waals surface area contributed by atoms with Gasteiger partial charge in [-0.05, 0) is 42.0 Å². The zero-order chi connectivity index (χ0) is 13.8. The van der Waals surface area contributed by atoms with Crippen molar-refractivity contribution < 1.29 is 0 Å². The molecule has 0 aliphatic carbocycles. The predicted molar refractivity (Wildman–Crippen MR) is 86.4 cm³/mol. The Balaban J connectivity index is 1.79. The SMILES string of the molecule is CCc1ccccc1NCc1cccc2c1NCCC2. The molecule has 0 aromatic heterocycles. The van der Waals surface area contributed by atoms with Gasteiger partial charge in [0.2, 0.25) is 0 Å². The number of hydrogen-bond acceptors (Lipinski definition) is 2. The van der Waals surface area contributed by atoms with Gasteiger partial charge in [0, 0.05) is 24.5 Å². The maximum absolute atomic E-state index is 3.59. The molecule has 2 heteroatoms. The second-order valence-corrected chi connectivity index (χ2v) is 5.35. The molecule has 0 unspecified atom stereocenters. The lowest BCUT2D eigenvalue weighted by Crippen LogP contribution is -2.15. The molecule has 20 heavy (non-hydrogen) atoms. The minimum Gasteiger partial charge on any atom is -0.385 e. The first-order chi connectivity index (χ1) is 9.88. The summed E-state index contributed by atoms with van der Waals surface area (Å²) in [4.78, 5) is 0. The van der Waals surface area contributed by atoms with Crippen molar-refractivity contribution in [3.05, 3.63) is 59.2 Å². The van der Waals surface area contributed by atoms with E-state index in [-0.39, 0.29) is 0 Å². The number of para-hydroxylation sites is 2. The highest BCUT2D eigenvalue weighted by molar-refractivity contribution is 5.61. The topological polar surface area (TPSA) is 24.1 Å². The van der Waals surface area contributed by atoms with Crippen LogP contribution in [0.2, 0.25) is 0 Å². The fourth-order valence-electron chi connectivity index (χ4n) is 2.92. The Labute approximate surface area is 121 Å². The van der Waals surface area contributed by atoms with Crippen LogP contribution in [-0.2, 0) is 19.4 Å². The first kappa shape index (κ1) is 13.0. The van der Waals surface area contributed by atoms with Crippen molar-refractivity contribution in [1.82, 2.24) is 0 Å². The zero-order valence-corrected chi connectivity index (χ0v) is 12.1. The van der Waals surface area contributed by atoms with Gasteiger partial charge in [0.05, 0.1) is 0 Å². The summed E-state index contributed by atoms with van der Waals surface area (Å²) in [5.41, 5.74) is 6.81. The number of nitrogens with one attached hydrogen (secondary N) is 2. The van der Waals surface area contributed by atoms with Crippen LogP contribution < -0.4 is 10.6 Å². The van der Waals surface area contributed by atoms with Gasteiger partial charge in [0.25, 0.3) is 0 Å². The Kier molecular flexibility index (Phi) is 3.91. The number of aryl methyl sites for hydroxylation is 2. The average molecular weight is 266 g/mol. The van der Waals surface area contributed by atoms with Crippen molar-refractivity contribution in [2.75, 3.05) is 17.2 Å². The molecule has 0 saturated carbocycles. The van der Waals surface area contributed by atoms with Gasteiger partial charge in [-0.25, -0.2) is 0 Å². The van der Waals surface area contributed by atoms with E-state index in [1.54, 1.807) is 0 Å². The van der Waals surface area contributed by atoms with Gasteiger partial charge >= 0.3 is 0 Å². The molecule has 0 saturated heterocycles. The molecule has 0 fully saturated rings. The van der Waals surface area contributed by atoms with Crippen LogP contribution in [-0.4, -0.2) is 6.54 Å². The quantitative estimate of drug-likeness (QED) is 0.866. The Morgan fingerprint density at radius 1 is 1.05 bits per heavy atom. The minimum absolute atomic E-state index is 0.882. The second-order valence-electron chi connectivity index (χ2n) is 5.35. The minimum atomic E-state index is 0.882. The molecule has 0 spiro atoms. The molecule has 1 aliphatic heterocycles. The van der Waals surface area contributed by atoms with E-state index in [1.165, 1.54) is 40.9 Å². The van der Waals surface area contributed by atoms with Gasteiger partial charge in [-0.15, -0.1) is 0 Å². The highest BCUT2D eigenvalue weighted by atomic mass is 14.9. The standard InChI is InChI=1S/C18H22N2/c1-2-14-7-3-4-11-17(14)20-13-16-9-5-8-15-10-6-12-19-18(15)16/h3-5,7-9,11,19-20H,2,6,10,12-13H2,1H3. The van der Waals surface area contributed by atoms with E-state index in [0.29, 0.717) is 0 Å². The summed E-state index contributed by atoms with van der Waals surface area (Å²) in [6, 6.07) is 15.2. The number of rotatable bonds is 4. The van der Waals surface area contributed by atoms with Crippen LogP contribution >= 0.6 is 0 Å². The first-order valence-corrected chi connectivity index (χ1v) is 7.55. The Hall–Kier alpha value is -1.96. The molecule has 0 atom stereocenters. The normalized spacial score (nSPS) is 13.4. The number of fused-ring (bicyclic) bond motifs is 1. The van der Waals surface area contributed by atoms with E-state index in [9.17, 15) is 0 Å². The smallest absolute Gasteiger partial charge is 0.0423 e. The molecule has 1 aliphatic rings. The molecule has 2 aromatic carbocycles. The molecule has 0 bridgehead atoms. The molecule has 0 amide bonds. The van der Waals surface area contributed by atoms with Crippen molar-refractivity contribution in [1.29, 1.82) is 0 Å². The van der Waals surface area contributed by atoms with E-state index in [1.807, 2.05) is 0 Å². The van der Waals surface area contributed by atoms with Crippen LogP contribution in [0.3, 0.4) is 0 Å². The summed E-state index contributed by atoms with van der Waals surface area (Å²) >= 11 is 0. The van der Waals surface area contributed by atoms with E-state index in [2.05, 4.69) is 60.0 Å². The Morgan fingerprint density at radius 2 is 1.90 bits per heavy atom. The maximum Gasteiger partial charge on any atom is 0.0423 e. The molecule has 3 rings (SSSR count). The Morgan fingerprint density at radius 3 is 2.80 bits per heavy atom. The van der Waals surface area contributed by atoms with Crippen LogP contribution in [0, 0.1) is 0 Å². The summed E-state index contributed by atoms with van der Waals surface area (Å²) < 4.78 is 0. The highest BCUT2D eigenvalue weighted by Crippen LogP contribution is 2.27. The molecule has 2 aromatic rings. The summed E-state index contributed by atoms with van der Waals surface area (Å²) in [6.07, 6.45) is 3.50. The molecule has 2 N–H and O–H groups in total. The molecular weight excluding hydrogens is 244 g/mol. The lowest BCUT2D eigenvalue weighted by molar-refractivity contribution is 0.825. The van der Waals surface area contributed by atoms with Gasteiger partial charge in [0.1, 0.15) is 0 Å². The summed E-state index contributed by atoms with van der Waals surface area (Å²) in [5.74, 6) is 0. The monoisotopic (exact) mass is 266 g/mol. The largest absolute Gasteiger partial charge is 0.385 e. The first-order valence-electron chi connectivity index (χ1n) is 7.55. The zero-order valence-electron chi connectivity index (χ0n) is 12.1. The van der Waals surface area contributed by atoms with Crippen LogP contribution in [0.25, 0.3) is 0 Å². The third kappa shape index (κ3) is 2.64. The summed E-state index contributed by atoms with van der Waals surface area (Å²) in [5, 5.41) is 7.15. The van der Waals surface area contributed by atoms with E-state index < -0.39 is 0 Å². The van der Waals surface area contributed by atoms with Gasteiger partial charge < -0.3 is 10.6 Å². The predicted octanol–water partition coefficient (Wildman–Crippen LogP) is 4.22. The van der Waals surface area contributed by atoms with Crippen LogP contribution in [0.5, 0.6) is 0 Å². The second kappa shape index (κ2) is 6.00. The average Bonchev–Trinajstić information content (AvgIpc) is 2.53.